The van der Waals surface area contributed by atoms with Crippen molar-refractivity contribution in [2.24, 2.45) is 0 Å². The van der Waals surface area contributed by atoms with Crippen LogP contribution in [-0.2, 0) is 10.0 Å². The summed E-state index contributed by atoms with van der Waals surface area (Å²) in [7, 11) is -3.64. The Balaban J connectivity index is 1.58. The number of nitrogens with zero attached hydrogens (tertiary/aromatic N) is 3. The molecule has 1 aliphatic rings. The smallest absolute Gasteiger partial charge is 0.245 e. The molecule has 0 radical (unpaired) electrons. The maximum absolute atomic E-state index is 13.2. The second kappa shape index (κ2) is 6.90. The Morgan fingerprint density at radius 2 is 1.96 bits per heavy atom. The first-order valence-corrected chi connectivity index (χ1v) is 10.3. The highest BCUT2D eigenvalue weighted by Gasteiger charge is 2.35. The first kappa shape index (κ1) is 17.9. The average molecular weight is 383 g/mol. The van der Waals surface area contributed by atoms with Crippen LogP contribution in [0.2, 0.25) is 0 Å². The van der Waals surface area contributed by atoms with Gasteiger partial charge in [0.25, 0.3) is 0 Å². The third kappa shape index (κ3) is 3.52. The Labute approximate surface area is 158 Å². The van der Waals surface area contributed by atoms with E-state index in [1.165, 1.54) is 4.31 Å². The quantitative estimate of drug-likeness (QED) is 0.692. The molecule has 3 aromatic rings. The van der Waals surface area contributed by atoms with E-state index in [-0.39, 0.29) is 11.0 Å². The van der Waals surface area contributed by atoms with Gasteiger partial charge in [0.15, 0.2) is 0 Å². The number of hydrogen-bond donors (Lipinski definition) is 0. The van der Waals surface area contributed by atoms with Crippen LogP contribution in [-0.4, -0.2) is 41.9 Å². The van der Waals surface area contributed by atoms with Crippen LogP contribution in [0.4, 0.5) is 0 Å². The van der Waals surface area contributed by atoms with Crippen molar-refractivity contribution in [3.8, 4) is 5.88 Å². The van der Waals surface area contributed by atoms with Crippen LogP contribution in [0, 0.1) is 13.8 Å². The molecular formula is C20H21N3O3S. The van der Waals surface area contributed by atoms with Gasteiger partial charge in [0.05, 0.1) is 12.1 Å². The molecule has 6 nitrogen and oxygen atoms in total. The number of sulfonamides is 1. The zero-order valence-corrected chi connectivity index (χ0v) is 16.1. The second-order valence-corrected chi connectivity index (χ2v) is 8.75. The molecule has 2 aromatic heterocycles. The van der Waals surface area contributed by atoms with E-state index < -0.39 is 10.0 Å². The van der Waals surface area contributed by atoms with Gasteiger partial charge in [-0.2, -0.15) is 4.31 Å². The van der Waals surface area contributed by atoms with Crippen LogP contribution >= 0.6 is 0 Å². The molecule has 1 atom stereocenters. The molecule has 0 amide bonds. The van der Waals surface area contributed by atoms with Crippen molar-refractivity contribution in [3.05, 3.63) is 59.9 Å². The molecule has 1 fully saturated rings. The summed E-state index contributed by atoms with van der Waals surface area (Å²) in [5.41, 5.74) is 2.36. The van der Waals surface area contributed by atoms with Crippen molar-refractivity contribution >= 4 is 20.9 Å². The number of aryl methyl sites for hydroxylation is 2. The highest BCUT2D eigenvalue weighted by atomic mass is 32.2. The lowest BCUT2D eigenvalue weighted by molar-refractivity contribution is 0.207. The molecule has 4 rings (SSSR count). The van der Waals surface area contributed by atoms with Crippen LogP contribution in [0.5, 0.6) is 5.88 Å². The van der Waals surface area contributed by atoms with E-state index in [9.17, 15) is 8.42 Å². The van der Waals surface area contributed by atoms with Gasteiger partial charge in [-0.15, -0.1) is 0 Å². The van der Waals surface area contributed by atoms with Crippen LogP contribution in [0.3, 0.4) is 0 Å². The Bertz CT molecular complexity index is 1080. The van der Waals surface area contributed by atoms with E-state index in [4.69, 9.17) is 4.74 Å². The van der Waals surface area contributed by atoms with Crippen LogP contribution < -0.4 is 4.74 Å². The molecule has 0 N–H and O–H groups in total. The predicted octanol–water partition coefficient (Wildman–Crippen LogP) is 3.09. The van der Waals surface area contributed by atoms with Gasteiger partial charge in [-0.25, -0.2) is 13.4 Å². The van der Waals surface area contributed by atoms with Gasteiger partial charge in [-0.3, -0.25) is 4.98 Å². The van der Waals surface area contributed by atoms with Crippen molar-refractivity contribution in [3.63, 3.8) is 0 Å². The monoisotopic (exact) mass is 383 g/mol. The van der Waals surface area contributed by atoms with E-state index in [1.807, 2.05) is 44.2 Å². The van der Waals surface area contributed by atoms with Gasteiger partial charge in [0.1, 0.15) is 11.0 Å². The second-order valence-electron chi connectivity index (χ2n) is 6.85. The number of pyridine rings is 2. The highest BCUT2D eigenvalue weighted by Crippen LogP contribution is 2.28. The Hall–Kier alpha value is -2.51. The van der Waals surface area contributed by atoms with Crippen LogP contribution in [0.15, 0.2) is 53.6 Å². The molecule has 140 valence electrons. The van der Waals surface area contributed by atoms with Gasteiger partial charge in [-0.05, 0) is 38.0 Å². The summed E-state index contributed by atoms with van der Waals surface area (Å²) in [4.78, 5) is 8.95. The topological polar surface area (TPSA) is 72.4 Å². The lowest BCUT2D eigenvalue weighted by atomic mass is 10.2. The van der Waals surface area contributed by atoms with Crippen molar-refractivity contribution in [2.45, 2.75) is 31.3 Å². The van der Waals surface area contributed by atoms with E-state index in [2.05, 4.69) is 9.97 Å². The predicted molar refractivity (Wildman–Crippen MR) is 103 cm³/mol. The third-order valence-corrected chi connectivity index (χ3v) is 6.62. The number of hydrogen-bond acceptors (Lipinski definition) is 5. The molecule has 27 heavy (non-hydrogen) atoms. The minimum Gasteiger partial charge on any atom is -0.473 e. The van der Waals surface area contributed by atoms with Gasteiger partial charge < -0.3 is 4.74 Å². The molecule has 0 spiro atoms. The lowest BCUT2D eigenvalue weighted by Gasteiger charge is -2.18. The molecule has 1 unspecified atom stereocenters. The molecule has 7 heteroatoms. The van der Waals surface area contributed by atoms with Crippen molar-refractivity contribution in [1.29, 1.82) is 0 Å². The van der Waals surface area contributed by atoms with Crippen molar-refractivity contribution < 1.29 is 13.2 Å². The number of para-hydroxylation sites is 1. The molecule has 1 aromatic carbocycles. The third-order valence-electron chi connectivity index (χ3n) is 4.72. The summed E-state index contributed by atoms with van der Waals surface area (Å²) < 4.78 is 33.8. The minimum absolute atomic E-state index is 0.209. The molecule has 3 heterocycles. The van der Waals surface area contributed by atoms with Gasteiger partial charge >= 0.3 is 0 Å². The lowest BCUT2D eigenvalue weighted by Crippen LogP contribution is -2.31. The van der Waals surface area contributed by atoms with E-state index in [1.54, 1.807) is 18.3 Å². The molecule has 0 saturated carbocycles. The molecule has 1 aliphatic heterocycles. The van der Waals surface area contributed by atoms with Gasteiger partial charge in [0.2, 0.25) is 15.9 Å². The molecular weight excluding hydrogens is 362 g/mol. The van der Waals surface area contributed by atoms with E-state index in [0.29, 0.717) is 30.9 Å². The maximum Gasteiger partial charge on any atom is 0.245 e. The standard InChI is InChI=1S/C20H21N3O3S/c1-14-6-9-19(21-12-14)26-17-10-11-23(13-17)27(24,25)18-5-3-4-16-8-7-15(2)22-20(16)18/h3-9,12,17H,10-11,13H2,1-2H3. The zero-order valence-electron chi connectivity index (χ0n) is 15.3. The largest absolute Gasteiger partial charge is 0.473 e. The van der Waals surface area contributed by atoms with E-state index in [0.717, 1.165) is 16.6 Å². The number of fused-ring (bicyclic) bond motifs is 1. The molecule has 0 aliphatic carbocycles. The van der Waals surface area contributed by atoms with Crippen molar-refractivity contribution in [2.75, 3.05) is 13.1 Å². The SMILES string of the molecule is Cc1ccc(OC2CCN(S(=O)(=O)c3cccc4ccc(C)nc34)C2)nc1. The summed E-state index contributed by atoms with van der Waals surface area (Å²) in [5.74, 6) is 0.521. The zero-order chi connectivity index (χ0) is 19.0. The summed E-state index contributed by atoms with van der Waals surface area (Å²) in [6.45, 7) is 4.54. The van der Waals surface area contributed by atoms with Gasteiger partial charge in [0, 0.05) is 29.9 Å². The van der Waals surface area contributed by atoms with Crippen LogP contribution in [0.25, 0.3) is 10.9 Å². The number of aromatic nitrogens is 2. The summed E-state index contributed by atoms with van der Waals surface area (Å²) in [6.07, 6.45) is 2.16. The average Bonchev–Trinajstić information content (AvgIpc) is 3.12. The Kier molecular flexibility index (Phi) is 4.57. The summed E-state index contributed by atoms with van der Waals surface area (Å²) in [6, 6.07) is 12.8. The Morgan fingerprint density at radius 3 is 2.74 bits per heavy atom. The van der Waals surface area contributed by atoms with Crippen LogP contribution in [0.1, 0.15) is 17.7 Å². The highest BCUT2D eigenvalue weighted by molar-refractivity contribution is 7.89. The maximum atomic E-state index is 13.2. The Morgan fingerprint density at radius 1 is 1.11 bits per heavy atom. The molecule has 1 saturated heterocycles. The number of ether oxygens (including phenoxy) is 1. The van der Waals surface area contributed by atoms with Gasteiger partial charge in [-0.1, -0.05) is 24.3 Å². The van der Waals surface area contributed by atoms with E-state index >= 15 is 0 Å². The molecule has 0 bridgehead atoms. The normalized spacial score (nSPS) is 18.1. The first-order valence-electron chi connectivity index (χ1n) is 8.89. The summed E-state index contributed by atoms with van der Waals surface area (Å²) >= 11 is 0. The van der Waals surface area contributed by atoms with Crippen molar-refractivity contribution in [1.82, 2.24) is 14.3 Å². The first-order chi connectivity index (χ1) is 12.9. The fourth-order valence-electron chi connectivity index (χ4n) is 3.27. The summed E-state index contributed by atoms with van der Waals surface area (Å²) in [5, 5.41) is 0.817. The fraction of sp³-hybridized carbons (Fsp3) is 0.300. The number of benzene rings is 1. The number of rotatable bonds is 4. The fourth-order valence-corrected chi connectivity index (χ4v) is 4.92. The minimum atomic E-state index is -3.64.